The van der Waals surface area contributed by atoms with Crippen LogP contribution >= 0.6 is 11.8 Å². The molecule has 4 heteroatoms. The molecule has 18 heavy (non-hydrogen) atoms. The van der Waals surface area contributed by atoms with E-state index < -0.39 is 4.75 Å². The third-order valence-electron chi connectivity index (χ3n) is 2.88. The average molecular weight is 268 g/mol. The molecule has 0 amide bonds. The van der Waals surface area contributed by atoms with Crippen molar-refractivity contribution >= 4 is 17.7 Å². The number of hydrogen-bond donors (Lipinski definition) is 1. The molecule has 0 saturated heterocycles. The van der Waals surface area contributed by atoms with Gasteiger partial charge in [-0.05, 0) is 36.8 Å². The van der Waals surface area contributed by atoms with Crippen LogP contribution in [-0.2, 0) is 14.3 Å². The maximum absolute atomic E-state index is 12.0. The smallest absolute Gasteiger partial charge is 0.326 e. The molecule has 0 aliphatic carbocycles. The molecule has 1 unspecified atom stereocenters. The molecule has 0 aliphatic rings. The largest absolute Gasteiger partial charge is 0.508 e. The topological polar surface area (TPSA) is 46.5 Å². The summed E-state index contributed by atoms with van der Waals surface area (Å²) in [5.74, 6) is 0.849. The van der Waals surface area contributed by atoms with Crippen LogP contribution in [0.2, 0.25) is 0 Å². The molecule has 0 radical (unpaired) electrons. The van der Waals surface area contributed by atoms with Crippen LogP contribution in [0.1, 0.15) is 32.3 Å². The fraction of sp³-hybridized carbons (Fsp3) is 0.500. The molecule has 100 valence electrons. The van der Waals surface area contributed by atoms with Gasteiger partial charge in [0.25, 0.3) is 0 Å². The molecule has 0 aliphatic heterocycles. The second kappa shape index (κ2) is 6.69. The van der Waals surface area contributed by atoms with Crippen LogP contribution in [0.15, 0.2) is 24.3 Å². The van der Waals surface area contributed by atoms with E-state index in [9.17, 15) is 9.90 Å². The lowest BCUT2D eigenvalue weighted by Gasteiger charge is -2.26. The second-order valence-electron chi connectivity index (χ2n) is 4.27. The molecule has 1 N–H and O–H groups in total. The number of aromatic hydroxyl groups is 1. The zero-order chi connectivity index (χ0) is 13.6. The Balaban J connectivity index is 2.96. The Morgan fingerprint density at radius 2 is 2.00 bits per heavy atom. The quantitative estimate of drug-likeness (QED) is 0.635. The molecular formula is C14H20O3S. The summed E-state index contributed by atoms with van der Waals surface area (Å²) in [6.45, 7) is 3.99. The molecule has 1 aromatic carbocycles. The Kier molecular flexibility index (Phi) is 5.54. The Hall–Kier alpha value is -1.16. The van der Waals surface area contributed by atoms with E-state index >= 15 is 0 Å². The van der Waals surface area contributed by atoms with Gasteiger partial charge in [-0.15, -0.1) is 11.8 Å². The number of carbonyl (C=O) groups is 1. The minimum atomic E-state index is -0.711. The molecule has 1 atom stereocenters. The van der Waals surface area contributed by atoms with Crippen molar-refractivity contribution in [3.63, 3.8) is 0 Å². The summed E-state index contributed by atoms with van der Waals surface area (Å²) < 4.78 is 4.20. The summed E-state index contributed by atoms with van der Waals surface area (Å²) >= 11 is 1.58. The minimum Gasteiger partial charge on any atom is -0.508 e. The number of benzene rings is 1. The number of rotatable bonds is 6. The standard InChI is InChI=1S/C14H20O3S/c1-4-5-10-18-14(2,13(16)17-3)11-6-8-12(15)9-7-11/h6-9,15H,4-5,10H2,1-3H3. The Morgan fingerprint density at radius 3 is 2.50 bits per heavy atom. The van der Waals surface area contributed by atoms with Crippen molar-refractivity contribution in [1.29, 1.82) is 0 Å². The lowest BCUT2D eigenvalue weighted by atomic mass is 10.0. The number of thioether (sulfide) groups is 1. The van der Waals surface area contributed by atoms with Gasteiger partial charge >= 0.3 is 5.97 Å². The second-order valence-corrected chi connectivity index (χ2v) is 5.79. The van der Waals surface area contributed by atoms with E-state index in [0.717, 1.165) is 24.2 Å². The lowest BCUT2D eigenvalue weighted by molar-refractivity contribution is -0.143. The maximum Gasteiger partial charge on any atom is 0.326 e. The van der Waals surface area contributed by atoms with Gasteiger partial charge in [-0.1, -0.05) is 25.5 Å². The SMILES string of the molecule is CCCCSC(C)(C(=O)OC)c1ccc(O)cc1. The lowest BCUT2D eigenvalue weighted by Crippen LogP contribution is -2.30. The summed E-state index contributed by atoms with van der Waals surface area (Å²) in [7, 11) is 1.40. The molecule has 0 fully saturated rings. The Labute approximate surface area is 113 Å². The predicted octanol–water partition coefficient (Wildman–Crippen LogP) is 3.31. The van der Waals surface area contributed by atoms with Gasteiger partial charge in [0.2, 0.25) is 0 Å². The van der Waals surface area contributed by atoms with Gasteiger partial charge < -0.3 is 9.84 Å². The van der Waals surface area contributed by atoms with Crippen LogP contribution in [-0.4, -0.2) is 23.9 Å². The molecule has 1 rings (SSSR count). The zero-order valence-corrected chi connectivity index (χ0v) is 11.9. The van der Waals surface area contributed by atoms with Gasteiger partial charge in [-0.3, -0.25) is 4.79 Å². The Bertz CT molecular complexity index is 389. The van der Waals surface area contributed by atoms with Gasteiger partial charge in [-0.2, -0.15) is 0 Å². The number of ether oxygens (including phenoxy) is 1. The van der Waals surface area contributed by atoms with E-state index in [0.29, 0.717) is 0 Å². The van der Waals surface area contributed by atoms with Crippen molar-refractivity contribution < 1.29 is 14.6 Å². The van der Waals surface area contributed by atoms with Crippen molar-refractivity contribution in [2.75, 3.05) is 12.9 Å². The summed E-state index contributed by atoms with van der Waals surface area (Å²) in [6, 6.07) is 6.73. The van der Waals surface area contributed by atoms with Crippen LogP contribution in [0.3, 0.4) is 0 Å². The number of esters is 1. The van der Waals surface area contributed by atoms with Gasteiger partial charge in [0, 0.05) is 0 Å². The number of methoxy groups -OCH3 is 1. The van der Waals surface area contributed by atoms with Gasteiger partial charge in [-0.25, -0.2) is 0 Å². The van der Waals surface area contributed by atoms with Gasteiger partial charge in [0.05, 0.1) is 7.11 Å². The molecule has 3 nitrogen and oxygen atoms in total. The zero-order valence-electron chi connectivity index (χ0n) is 11.1. The van der Waals surface area contributed by atoms with Crippen LogP contribution in [0.5, 0.6) is 5.75 Å². The summed E-state index contributed by atoms with van der Waals surface area (Å²) in [5.41, 5.74) is 0.855. The van der Waals surface area contributed by atoms with Crippen molar-refractivity contribution in [3.8, 4) is 5.75 Å². The van der Waals surface area contributed by atoms with Crippen molar-refractivity contribution in [3.05, 3.63) is 29.8 Å². The van der Waals surface area contributed by atoms with E-state index in [1.165, 1.54) is 7.11 Å². The number of phenolic OH excluding ortho intramolecular Hbond substituents is 1. The van der Waals surface area contributed by atoms with E-state index in [2.05, 4.69) is 6.92 Å². The minimum absolute atomic E-state index is 0.199. The van der Waals surface area contributed by atoms with Crippen LogP contribution in [0, 0.1) is 0 Å². The first-order valence-corrected chi connectivity index (χ1v) is 7.05. The first kappa shape index (κ1) is 14.9. The maximum atomic E-state index is 12.0. The number of hydrogen-bond acceptors (Lipinski definition) is 4. The molecule has 0 saturated carbocycles. The molecule has 0 bridgehead atoms. The summed E-state index contributed by atoms with van der Waals surface area (Å²) in [6.07, 6.45) is 2.16. The number of carbonyl (C=O) groups excluding carboxylic acids is 1. The number of unbranched alkanes of at least 4 members (excludes halogenated alkanes) is 1. The molecule has 0 aromatic heterocycles. The molecule has 0 heterocycles. The monoisotopic (exact) mass is 268 g/mol. The first-order valence-electron chi connectivity index (χ1n) is 6.06. The Morgan fingerprint density at radius 1 is 1.39 bits per heavy atom. The highest BCUT2D eigenvalue weighted by Gasteiger charge is 2.36. The third kappa shape index (κ3) is 3.42. The van der Waals surface area contributed by atoms with Crippen LogP contribution < -0.4 is 0 Å². The molecular weight excluding hydrogens is 248 g/mol. The molecule has 0 spiro atoms. The predicted molar refractivity (Wildman–Crippen MR) is 74.8 cm³/mol. The average Bonchev–Trinajstić information content (AvgIpc) is 2.38. The number of phenols is 1. The normalized spacial score (nSPS) is 13.9. The van der Waals surface area contributed by atoms with Gasteiger partial charge in [0.15, 0.2) is 0 Å². The van der Waals surface area contributed by atoms with E-state index in [1.54, 1.807) is 36.0 Å². The van der Waals surface area contributed by atoms with E-state index in [-0.39, 0.29) is 11.7 Å². The van der Waals surface area contributed by atoms with Crippen molar-refractivity contribution in [1.82, 2.24) is 0 Å². The van der Waals surface area contributed by atoms with E-state index in [4.69, 9.17) is 4.74 Å². The van der Waals surface area contributed by atoms with Crippen LogP contribution in [0.25, 0.3) is 0 Å². The van der Waals surface area contributed by atoms with E-state index in [1.807, 2.05) is 6.92 Å². The highest BCUT2D eigenvalue weighted by molar-refractivity contribution is 8.00. The summed E-state index contributed by atoms with van der Waals surface area (Å²) in [5, 5.41) is 9.31. The third-order valence-corrected chi connectivity index (χ3v) is 4.35. The fourth-order valence-corrected chi connectivity index (χ4v) is 3.00. The first-order chi connectivity index (χ1) is 8.54. The van der Waals surface area contributed by atoms with Crippen molar-refractivity contribution in [2.45, 2.75) is 31.4 Å². The highest BCUT2D eigenvalue weighted by atomic mass is 32.2. The van der Waals surface area contributed by atoms with Gasteiger partial charge in [0.1, 0.15) is 10.5 Å². The summed E-state index contributed by atoms with van der Waals surface area (Å²) in [4.78, 5) is 12.0. The molecule has 1 aromatic rings. The van der Waals surface area contributed by atoms with Crippen molar-refractivity contribution in [2.24, 2.45) is 0 Å². The highest BCUT2D eigenvalue weighted by Crippen LogP contribution is 2.38. The fourth-order valence-electron chi connectivity index (χ4n) is 1.65. The van der Waals surface area contributed by atoms with Crippen LogP contribution in [0.4, 0.5) is 0 Å².